The molecule has 2 aromatic rings. The van der Waals surface area contributed by atoms with Crippen molar-refractivity contribution < 1.29 is 9.90 Å². The first-order valence-electron chi connectivity index (χ1n) is 5.49. The Balaban J connectivity index is 2.24. The summed E-state index contributed by atoms with van der Waals surface area (Å²) < 4.78 is 0. The highest BCUT2D eigenvalue weighted by Crippen LogP contribution is 2.21. The number of hydrogen-bond acceptors (Lipinski definition) is 5. The third-order valence-electron chi connectivity index (χ3n) is 2.65. The Hall–Kier alpha value is -1.66. The van der Waals surface area contributed by atoms with Crippen molar-refractivity contribution in [3.8, 4) is 0 Å². The van der Waals surface area contributed by atoms with Crippen molar-refractivity contribution in [3.05, 3.63) is 38.9 Å². The Morgan fingerprint density at radius 3 is 2.84 bits per heavy atom. The number of pyridine rings is 1. The highest BCUT2D eigenvalue weighted by Gasteiger charge is 2.14. The van der Waals surface area contributed by atoms with E-state index in [1.807, 2.05) is 18.9 Å². The van der Waals surface area contributed by atoms with E-state index in [-0.39, 0.29) is 10.7 Å². The van der Waals surface area contributed by atoms with Gasteiger partial charge in [0.2, 0.25) is 0 Å². The second kappa shape index (κ2) is 5.54. The summed E-state index contributed by atoms with van der Waals surface area (Å²) in [6, 6.07) is 3.24. The standard InChI is InChI=1S/C12H12ClN3O2S/c1-7-9(19-6-14-7)5-16(2)10-4-3-8(13)11(15-10)12(17)18/h3-4,6H,5H2,1-2H3,(H,17,18). The number of aromatic nitrogens is 2. The number of carboxylic acids is 1. The number of rotatable bonds is 4. The molecule has 0 unspecified atom stereocenters. The Morgan fingerprint density at radius 2 is 2.26 bits per heavy atom. The first kappa shape index (κ1) is 13.8. The summed E-state index contributed by atoms with van der Waals surface area (Å²) in [4.78, 5) is 22.2. The Labute approximate surface area is 119 Å². The molecule has 2 heterocycles. The number of aryl methyl sites for hydroxylation is 1. The molecule has 1 N–H and O–H groups in total. The van der Waals surface area contributed by atoms with Gasteiger partial charge < -0.3 is 10.0 Å². The summed E-state index contributed by atoms with van der Waals surface area (Å²) in [5, 5.41) is 9.14. The summed E-state index contributed by atoms with van der Waals surface area (Å²) >= 11 is 7.36. The van der Waals surface area contributed by atoms with Crippen LogP contribution in [0.2, 0.25) is 5.02 Å². The molecule has 0 saturated carbocycles. The highest BCUT2D eigenvalue weighted by atomic mass is 35.5. The van der Waals surface area contributed by atoms with Gasteiger partial charge in [0.05, 0.1) is 22.8 Å². The SMILES string of the molecule is Cc1ncsc1CN(C)c1ccc(Cl)c(C(=O)O)n1. The summed E-state index contributed by atoms with van der Waals surface area (Å²) in [5.74, 6) is -0.566. The van der Waals surface area contributed by atoms with Crippen molar-refractivity contribution >= 4 is 34.7 Å². The number of thiazole rings is 1. The third kappa shape index (κ3) is 3.02. The molecule has 0 aliphatic heterocycles. The fourth-order valence-electron chi connectivity index (χ4n) is 1.57. The van der Waals surface area contributed by atoms with Crippen molar-refractivity contribution in [2.45, 2.75) is 13.5 Å². The molecule has 0 amide bonds. The maximum atomic E-state index is 11.0. The van der Waals surface area contributed by atoms with Gasteiger partial charge in [-0.05, 0) is 19.1 Å². The Kier molecular flexibility index (Phi) is 4.01. The number of halogens is 1. The van der Waals surface area contributed by atoms with Gasteiger partial charge in [-0.15, -0.1) is 11.3 Å². The number of anilines is 1. The largest absolute Gasteiger partial charge is 0.476 e. The first-order valence-corrected chi connectivity index (χ1v) is 6.74. The van der Waals surface area contributed by atoms with Crippen LogP contribution < -0.4 is 4.90 Å². The molecule has 0 aliphatic rings. The van der Waals surface area contributed by atoms with E-state index in [0.29, 0.717) is 12.4 Å². The van der Waals surface area contributed by atoms with Gasteiger partial charge in [0, 0.05) is 11.9 Å². The summed E-state index contributed by atoms with van der Waals surface area (Å²) in [6.45, 7) is 2.57. The minimum absolute atomic E-state index is 0.132. The normalized spacial score (nSPS) is 10.5. The number of aromatic carboxylic acids is 1. The molecule has 0 aromatic carbocycles. The predicted octanol–water partition coefficient (Wildman–Crippen LogP) is 2.83. The van der Waals surface area contributed by atoms with Gasteiger partial charge in [0.25, 0.3) is 0 Å². The lowest BCUT2D eigenvalue weighted by Crippen LogP contribution is -2.18. The Bertz CT molecular complexity index is 615. The highest BCUT2D eigenvalue weighted by molar-refractivity contribution is 7.09. The summed E-state index contributed by atoms with van der Waals surface area (Å²) in [6.07, 6.45) is 0. The van der Waals surface area contributed by atoms with Crippen LogP contribution in [0.25, 0.3) is 0 Å². The van der Waals surface area contributed by atoms with E-state index >= 15 is 0 Å². The Morgan fingerprint density at radius 1 is 1.53 bits per heavy atom. The van der Waals surface area contributed by atoms with Crippen LogP contribution in [0.3, 0.4) is 0 Å². The van der Waals surface area contributed by atoms with Crippen LogP contribution in [-0.4, -0.2) is 28.1 Å². The molecular weight excluding hydrogens is 286 g/mol. The van der Waals surface area contributed by atoms with Gasteiger partial charge in [0.1, 0.15) is 5.82 Å². The molecule has 2 aromatic heterocycles. The van der Waals surface area contributed by atoms with E-state index in [1.54, 1.807) is 29.0 Å². The molecule has 19 heavy (non-hydrogen) atoms. The quantitative estimate of drug-likeness (QED) is 0.940. The lowest BCUT2D eigenvalue weighted by molar-refractivity contribution is 0.0691. The predicted molar refractivity (Wildman–Crippen MR) is 75.2 cm³/mol. The van der Waals surface area contributed by atoms with E-state index in [4.69, 9.17) is 16.7 Å². The molecule has 5 nitrogen and oxygen atoms in total. The maximum absolute atomic E-state index is 11.0. The average Bonchev–Trinajstić information content (AvgIpc) is 2.75. The minimum atomic E-state index is -1.13. The van der Waals surface area contributed by atoms with E-state index in [9.17, 15) is 4.79 Å². The van der Waals surface area contributed by atoms with Crippen LogP contribution in [0.4, 0.5) is 5.82 Å². The lowest BCUT2D eigenvalue weighted by atomic mass is 10.3. The second-order valence-corrected chi connectivity index (χ2v) is 5.37. The van der Waals surface area contributed by atoms with Crippen LogP contribution in [-0.2, 0) is 6.54 Å². The zero-order valence-corrected chi connectivity index (χ0v) is 12.0. The molecule has 0 saturated heterocycles. The van der Waals surface area contributed by atoms with Gasteiger partial charge >= 0.3 is 5.97 Å². The molecule has 0 spiro atoms. The maximum Gasteiger partial charge on any atom is 0.356 e. The number of carboxylic acid groups (broad SMARTS) is 1. The van der Waals surface area contributed by atoms with E-state index in [1.165, 1.54) is 0 Å². The molecule has 0 fully saturated rings. The molecular formula is C12H12ClN3O2S. The third-order valence-corrected chi connectivity index (χ3v) is 3.88. The van der Waals surface area contributed by atoms with Crippen molar-refractivity contribution in [1.29, 1.82) is 0 Å². The number of nitrogens with zero attached hydrogens (tertiary/aromatic N) is 3. The van der Waals surface area contributed by atoms with Crippen LogP contribution in [0.1, 0.15) is 21.1 Å². The second-order valence-electron chi connectivity index (χ2n) is 4.02. The minimum Gasteiger partial charge on any atom is -0.476 e. The molecule has 0 atom stereocenters. The monoisotopic (exact) mass is 297 g/mol. The van der Waals surface area contributed by atoms with Crippen LogP contribution in [0, 0.1) is 6.92 Å². The number of carbonyl (C=O) groups is 1. The first-order chi connectivity index (χ1) is 8.99. The molecule has 100 valence electrons. The van der Waals surface area contributed by atoms with Crippen LogP contribution in [0.5, 0.6) is 0 Å². The van der Waals surface area contributed by atoms with Gasteiger partial charge in [-0.1, -0.05) is 11.6 Å². The molecule has 0 bridgehead atoms. The van der Waals surface area contributed by atoms with Crippen LogP contribution >= 0.6 is 22.9 Å². The van der Waals surface area contributed by atoms with Crippen molar-refractivity contribution in [2.24, 2.45) is 0 Å². The smallest absolute Gasteiger partial charge is 0.356 e. The zero-order valence-electron chi connectivity index (χ0n) is 10.4. The fourth-order valence-corrected chi connectivity index (χ4v) is 2.58. The van der Waals surface area contributed by atoms with Crippen molar-refractivity contribution in [1.82, 2.24) is 9.97 Å². The van der Waals surface area contributed by atoms with Crippen molar-refractivity contribution in [2.75, 3.05) is 11.9 Å². The van der Waals surface area contributed by atoms with Gasteiger partial charge in [-0.3, -0.25) is 0 Å². The van der Waals surface area contributed by atoms with Gasteiger partial charge in [0.15, 0.2) is 5.69 Å². The summed E-state index contributed by atoms with van der Waals surface area (Å²) in [7, 11) is 1.85. The van der Waals surface area contributed by atoms with E-state index in [0.717, 1.165) is 10.6 Å². The average molecular weight is 298 g/mol. The lowest BCUT2D eigenvalue weighted by Gasteiger charge is -2.18. The van der Waals surface area contributed by atoms with Crippen molar-refractivity contribution in [3.63, 3.8) is 0 Å². The van der Waals surface area contributed by atoms with E-state index in [2.05, 4.69) is 9.97 Å². The fraction of sp³-hybridized carbons (Fsp3) is 0.250. The molecule has 0 radical (unpaired) electrons. The molecule has 2 rings (SSSR count). The summed E-state index contributed by atoms with van der Waals surface area (Å²) in [5.41, 5.74) is 2.63. The number of hydrogen-bond donors (Lipinski definition) is 1. The van der Waals surface area contributed by atoms with E-state index < -0.39 is 5.97 Å². The zero-order chi connectivity index (χ0) is 14.0. The molecule has 7 heteroatoms. The topological polar surface area (TPSA) is 66.3 Å². The van der Waals surface area contributed by atoms with Crippen LogP contribution in [0.15, 0.2) is 17.6 Å². The molecule has 0 aliphatic carbocycles. The van der Waals surface area contributed by atoms with Gasteiger partial charge in [-0.2, -0.15) is 0 Å². The van der Waals surface area contributed by atoms with Gasteiger partial charge in [-0.25, -0.2) is 14.8 Å².